The van der Waals surface area contributed by atoms with Crippen LogP contribution in [-0.4, -0.2) is 62.0 Å². The number of nitrogens with zero attached hydrogens (tertiary/aromatic N) is 2. The summed E-state index contributed by atoms with van der Waals surface area (Å²) in [5.41, 5.74) is 0. The average molecular weight is 269 g/mol. The summed E-state index contributed by atoms with van der Waals surface area (Å²) in [6.07, 6.45) is 4.47. The topological polar surface area (TPSA) is 35.6 Å². The van der Waals surface area contributed by atoms with E-state index in [9.17, 15) is 4.79 Å². The van der Waals surface area contributed by atoms with Crippen molar-refractivity contribution >= 4 is 5.91 Å². The molecule has 1 amide bonds. The van der Waals surface area contributed by atoms with Gasteiger partial charge in [0, 0.05) is 20.1 Å². The van der Waals surface area contributed by atoms with Crippen molar-refractivity contribution in [3.05, 3.63) is 0 Å². The van der Waals surface area contributed by atoms with Crippen molar-refractivity contribution < 1.29 is 4.79 Å². The number of likely N-dealkylation sites (N-methyl/N-ethyl adjacent to an activating group) is 1. The van der Waals surface area contributed by atoms with E-state index < -0.39 is 0 Å². The lowest BCUT2D eigenvalue weighted by Gasteiger charge is -2.27. The van der Waals surface area contributed by atoms with Crippen molar-refractivity contribution in [1.29, 1.82) is 0 Å². The third kappa shape index (κ3) is 5.91. The third-order valence-corrected chi connectivity index (χ3v) is 3.83. The molecule has 1 fully saturated rings. The summed E-state index contributed by atoms with van der Waals surface area (Å²) >= 11 is 0. The van der Waals surface area contributed by atoms with Gasteiger partial charge in [0.1, 0.15) is 0 Å². The van der Waals surface area contributed by atoms with Crippen molar-refractivity contribution in [3.63, 3.8) is 0 Å². The fourth-order valence-corrected chi connectivity index (χ4v) is 2.71. The lowest BCUT2D eigenvalue weighted by molar-refractivity contribution is -0.131. The van der Waals surface area contributed by atoms with Crippen molar-refractivity contribution in [3.8, 4) is 0 Å². The van der Waals surface area contributed by atoms with Gasteiger partial charge in [-0.3, -0.25) is 4.79 Å². The van der Waals surface area contributed by atoms with Crippen LogP contribution in [-0.2, 0) is 4.79 Å². The minimum Gasteiger partial charge on any atom is -0.347 e. The summed E-state index contributed by atoms with van der Waals surface area (Å²) in [6.45, 7) is 6.66. The number of carbonyl (C=O) groups excluding carboxylic acids is 1. The predicted molar refractivity (Wildman–Crippen MR) is 80.2 cm³/mol. The summed E-state index contributed by atoms with van der Waals surface area (Å²) in [6, 6.07) is 0.459. The highest BCUT2D eigenvalue weighted by molar-refractivity contribution is 5.81. The number of nitrogens with one attached hydrogen (secondary N) is 1. The Bertz CT molecular complexity index is 279. The van der Waals surface area contributed by atoms with Crippen LogP contribution < -0.4 is 5.32 Å². The highest BCUT2D eigenvalue weighted by atomic mass is 16.2. The monoisotopic (exact) mass is 269 g/mol. The number of rotatable bonds is 5. The maximum atomic E-state index is 12.3. The second-order valence-corrected chi connectivity index (χ2v) is 6.51. The van der Waals surface area contributed by atoms with Crippen LogP contribution in [0.15, 0.2) is 0 Å². The summed E-state index contributed by atoms with van der Waals surface area (Å²) in [4.78, 5) is 16.3. The Morgan fingerprint density at radius 3 is 2.58 bits per heavy atom. The van der Waals surface area contributed by atoms with Gasteiger partial charge in [-0.1, -0.05) is 13.8 Å². The zero-order chi connectivity index (χ0) is 14.4. The fraction of sp³-hybridized carbons (Fsp3) is 0.933. The molecule has 0 spiro atoms. The predicted octanol–water partition coefficient (Wildman–Crippen LogP) is 1.56. The Hall–Kier alpha value is -0.610. The van der Waals surface area contributed by atoms with E-state index in [0.717, 1.165) is 19.4 Å². The van der Waals surface area contributed by atoms with E-state index in [1.807, 2.05) is 14.1 Å². The molecule has 1 N–H and O–H groups in total. The first-order chi connectivity index (χ1) is 8.90. The molecule has 0 radical (unpaired) electrons. The molecular weight excluding hydrogens is 238 g/mol. The van der Waals surface area contributed by atoms with Crippen LogP contribution in [0.3, 0.4) is 0 Å². The smallest absolute Gasteiger partial charge is 0.239 e. The Morgan fingerprint density at radius 1 is 1.32 bits per heavy atom. The normalized spacial score (nSPS) is 23.2. The Kier molecular flexibility index (Phi) is 6.80. The number of hydrogen-bond acceptors (Lipinski definition) is 3. The molecule has 4 nitrogen and oxygen atoms in total. The Labute approximate surface area is 118 Å². The molecule has 4 heteroatoms. The first-order valence-corrected chi connectivity index (χ1v) is 7.56. The van der Waals surface area contributed by atoms with Crippen LogP contribution in [0, 0.1) is 5.92 Å². The first kappa shape index (κ1) is 16.4. The van der Waals surface area contributed by atoms with Gasteiger partial charge in [0.05, 0.1) is 6.04 Å². The molecule has 1 aliphatic heterocycles. The van der Waals surface area contributed by atoms with Gasteiger partial charge in [0.15, 0.2) is 0 Å². The molecular formula is C15H31N3O. The molecule has 1 heterocycles. The van der Waals surface area contributed by atoms with E-state index in [-0.39, 0.29) is 11.9 Å². The molecule has 0 aromatic heterocycles. The van der Waals surface area contributed by atoms with Crippen LogP contribution >= 0.6 is 0 Å². The third-order valence-electron chi connectivity index (χ3n) is 3.83. The molecule has 1 saturated heterocycles. The summed E-state index contributed by atoms with van der Waals surface area (Å²) in [5, 5.41) is 3.61. The van der Waals surface area contributed by atoms with Crippen molar-refractivity contribution in [2.75, 3.05) is 34.2 Å². The highest BCUT2D eigenvalue weighted by Gasteiger charge is 2.25. The number of likely N-dealkylation sites (tertiary alicyclic amines) is 1. The molecule has 2 atom stereocenters. The second-order valence-electron chi connectivity index (χ2n) is 6.51. The van der Waals surface area contributed by atoms with Crippen LogP contribution in [0.4, 0.5) is 0 Å². The largest absolute Gasteiger partial charge is 0.347 e. The SMILES string of the molecule is CC(C)CC(NC1CCCN(C)CC1)C(=O)N(C)C. The minimum absolute atomic E-state index is 0.0246. The summed E-state index contributed by atoms with van der Waals surface area (Å²) in [5.74, 6) is 0.751. The molecule has 0 bridgehead atoms. The van der Waals surface area contributed by atoms with Crippen LogP contribution in [0.25, 0.3) is 0 Å². The number of carbonyl (C=O) groups is 1. The van der Waals surface area contributed by atoms with Gasteiger partial charge >= 0.3 is 0 Å². The first-order valence-electron chi connectivity index (χ1n) is 7.56. The van der Waals surface area contributed by atoms with Crippen molar-refractivity contribution in [2.45, 2.75) is 51.6 Å². The molecule has 0 aromatic carbocycles. The average Bonchev–Trinajstić information content (AvgIpc) is 2.52. The Morgan fingerprint density at radius 2 is 2.00 bits per heavy atom. The van der Waals surface area contributed by atoms with E-state index in [1.165, 1.54) is 19.4 Å². The molecule has 1 rings (SSSR count). The van der Waals surface area contributed by atoms with Crippen LogP contribution in [0.5, 0.6) is 0 Å². The van der Waals surface area contributed by atoms with Gasteiger partial charge in [-0.2, -0.15) is 0 Å². The van der Waals surface area contributed by atoms with E-state index in [2.05, 4.69) is 31.1 Å². The van der Waals surface area contributed by atoms with E-state index >= 15 is 0 Å². The molecule has 112 valence electrons. The zero-order valence-corrected chi connectivity index (χ0v) is 13.3. The van der Waals surface area contributed by atoms with Gasteiger partial charge in [-0.05, 0) is 51.7 Å². The lowest BCUT2D eigenvalue weighted by atomic mass is 10.00. The van der Waals surface area contributed by atoms with E-state index in [4.69, 9.17) is 0 Å². The van der Waals surface area contributed by atoms with Crippen LogP contribution in [0.1, 0.15) is 39.5 Å². The minimum atomic E-state index is -0.0246. The molecule has 0 aliphatic carbocycles. The maximum Gasteiger partial charge on any atom is 0.239 e. The molecule has 0 aromatic rings. The molecule has 1 aliphatic rings. The summed E-state index contributed by atoms with van der Waals surface area (Å²) in [7, 11) is 5.87. The van der Waals surface area contributed by atoms with Gasteiger partial charge in [-0.25, -0.2) is 0 Å². The highest BCUT2D eigenvalue weighted by Crippen LogP contribution is 2.14. The van der Waals surface area contributed by atoms with Gasteiger partial charge < -0.3 is 15.1 Å². The second kappa shape index (κ2) is 7.85. The fourth-order valence-electron chi connectivity index (χ4n) is 2.71. The van der Waals surface area contributed by atoms with Crippen molar-refractivity contribution in [2.24, 2.45) is 5.92 Å². The van der Waals surface area contributed by atoms with Gasteiger partial charge in [0.2, 0.25) is 5.91 Å². The number of hydrogen-bond donors (Lipinski definition) is 1. The van der Waals surface area contributed by atoms with Crippen LogP contribution in [0.2, 0.25) is 0 Å². The van der Waals surface area contributed by atoms with Gasteiger partial charge in [0.25, 0.3) is 0 Å². The number of amides is 1. The van der Waals surface area contributed by atoms with Crippen molar-refractivity contribution in [1.82, 2.24) is 15.1 Å². The molecule has 2 unspecified atom stereocenters. The zero-order valence-electron chi connectivity index (χ0n) is 13.3. The van der Waals surface area contributed by atoms with Gasteiger partial charge in [-0.15, -0.1) is 0 Å². The molecule has 19 heavy (non-hydrogen) atoms. The van der Waals surface area contributed by atoms with E-state index in [1.54, 1.807) is 4.90 Å². The molecule has 0 saturated carbocycles. The quantitative estimate of drug-likeness (QED) is 0.823. The standard InChI is InChI=1S/C15H31N3O/c1-12(2)11-14(15(19)17(3)4)16-13-7-6-9-18(5)10-8-13/h12-14,16H,6-11H2,1-5H3. The van der Waals surface area contributed by atoms with E-state index in [0.29, 0.717) is 12.0 Å². The summed E-state index contributed by atoms with van der Waals surface area (Å²) < 4.78 is 0. The maximum absolute atomic E-state index is 12.3. The lowest BCUT2D eigenvalue weighted by Crippen LogP contribution is -2.48. The Balaban J connectivity index is 2.58.